The highest BCUT2D eigenvalue weighted by Gasteiger charge is 2.37. The third-order valence-corrected chi connectivity index (χ3v) is 4.90. The Bertz CT molecular complexity index is 683. The van der Waals surface area contributed by atoms with E-state index in [0.29, 0.717) is 24.2 Å². The zero-order valence-corrected chi connectivity index (χ0v) is 15.7. The Morgan fingerprint density at radius 3 is 2.71 bits per heavy atom. The van der Waals surface area contributed by atoms with Crippen LogP contribution in [0.25, 0.3) is 0 Å². The minimum atomic E-state index is -0.401. The Balaban J connectivity index is 0.00000208. The average molecular weight is 417 g/mol. The van der Waals surface area contributed by atoms with Gasteiger partial charge < -0.3 is 10.2 Å². The average Bonchev–Trinajstić information content (AvgIpc) is 2.79. The van der Waals surface area contributed by atoms with Crippen molar-refractivity contribution in [2.24, 2.45) is 0 Å². The van der Waals surface area contributed by atoms with E-state index in [0.717, 1.165) is 22.2 Å². The van der Waals surface area contributed by atoms with Gasteiger partial charge in [-0.1, -0.05) is 15.9 Å². The summed E-state index contributed by atoms with van der Waals surface area (Å²) in [5, 5.41) is 3.17. The van der Waals surface area contributed by atoms with E-state index in [1.807, 2.05) is 7.05 Å². The van der Waals surface area contributed by atoms with Crippen molar-refractivity contribution in [1.82, 2.24) is 15.1 Å². The van der Waals surface area contributed by atoms with Gasteiger partial charge in [-0.3, -0.25) is 19.3 Å². The predicted molar refractivity (Wildman–Crippen MR) is 95.4 cm³/mol. The minimum absolute atomic E-state index is 0. The van der Waals surface area contributed by atoms with E-state index in [4.69, 9.17) is 0 Å². The largest absolute Gasteiger partial charge is 0.340 e. The third kappa shape index (κ3) is 3.48. The first-order valence-corrected chi connectivity index (χ1v) is 8.41. The van der Waals surface area contributed by atoms with E-state index >= 15 is 0 Å². The number of nitrogens with one attached hydrogen (secondary N) is 1. The normalized spacial score (nSPS) is 20.0. The summed E-state index contributed by atoms with van der Waals surface area (Å²) in [6.45, 7) is 1.09. The number of rotatable bonds is 3. The number of imide groups is 1. The molecule has 130 valence electrons. The SMILES string of the molecule is CNC1CCCN(C(=O)CN2C(=O)c3ccc(Br)cc3C2=O)C1.Cl. The van der Waals surface area contributed by atoms with E-state index in [1.165, 1.54) is 0 Å². The first kappa shape index (κ1) is 18.9. The molecule has 1 aromatic rings. The molecule has 2 aliphatic rings. The van der Waals surface area contributed by atoms with Crippen molar-refractivity contribution in [1.29, 1.82) is 0 Å². The zero-order valence-electron chi connectivity index (χ0n) is 13.3. The quantitative estimate of drug-likeness (QED) is 0.761. The lowest BCUT2D eigenvalue weighted by Crippen LogP contribution is -2.50. The standard InChI is InChI=1S/C16H18BrN3O3.ClH/c1-18-11-3-2-6-19(8-11)14(21)9-20-15(22)12-5-4-10(17)7-13(12)16(20)23;/h4-5,7,11,18H,2-3,6,8-9H2,1H3;1H. The maximum Gasteiger partial charge on any atom is 0.262 e. The van der Waals surface area contributed by atoms with Gasteiger partial charge in [0.2, 0.25) is 5.91 Å². The topological polar surface area (TPSA) is 69.7 Å². The van der Waals surface area contributed by atoms with Crippen LogP contribution in [0.5, 0.6) is 0 Å². The molecule has 1 saturated heterocycles. The summed E-state index contributed by atoms with van der Waals surface area (Å²) in [4.78, 5) is 40.0. The van der Waals surface area contributed by atoms with Crippen molar-refractivity contribution in [3.8, 4) is 0 Å². The van der Waals surface area contributed by atoms with Crippen LogP contribution in [0, 0.1) is 0 Å². The van der Waals surface area contributed by atoms with Crippen LogP contribution in [-0.2, 0) is 4.79 Å². The number of amides is 3. The molecule has 1 fully saturated rings. The molecule has 0 saturated carbocycles. The highest BCUT2D eigenvalue weighted by Crippen LogP contribution is 2.26. The van der Waals surface area contributed by atoms with Crippen LogP contribution in [0.2, 0.25) is 0 Å². The van der Waals surface area contributed by atoms with Crippen LogP contribution in [0.1, 0.15) is 33.6 Å². The van der Waals surface area contributed by atoms with E-state index in [9.17, 15) is 14.4 Å². The smallest absolute Gasteiger partial charge is 0.262 e. The van der Waals surface area contributed by atoms with Gasteiger partial charge in [0, 0.05) is 23.6 Å². The molecule has 1 unspecified atom stereocenters. The van der Waals surface area contributed by atoms with Crippen molar-refractivity contribution in [2.45, 2.75) is 18.9 Å². The molecule has 2 heterocycles. The molecule has 0 aromatic heterocycles. The fourth-order valence-corrected chi connectivity index (χ4v) is 3.44. The maximum atomic E-state index is 12.5. The molecule has 3 rings (SSSR count). The van der Waals surface area contributed by atoms with Crippen LogP contribution in [-0.4, -0.2) is 60.2 Å². The summed E-state index contributed by atoms with van der Waals surface area (Å²) in [5.41, 5.74) is 0.710. The van der Waals surface area contributed by atoms with Crippen molar-refractivity contribution in [3.63, 3.8) is 0 Å². The van der Waals surface area contributed by atoms with Gasteiger partial charge in [0.15, 0.2) is 0 Å². The minimum Gasteiger partial charge on any atom is -0.340 e. The fourth-order valence-electron chi connectivity index (χ4n) is 3.08. The highest BCUT2D eigenvalue weighted by molar-refractivity contribution is 9.10. The molecular formula is C16H19BrClN3O3. The molecule has 0 bridgehead atoms. The van der Waals surface area contributed by atoms with Crippen LogP contribution >= 0.6 is 28.3 Å². The maximum absolute atomic E-state index is 12.5. The molecule has 1 atom stereocenters. The highest BCUT2D eigenvalue weighted by atomic mass is 79.9. The lowest BCUT2D eigenvalue weighted by Gasteiger charge is -2.33. The fraction of sp³-hybridized carbons (Fsp3) is 0.438. The number of likely N-dealkylation sites (N-methyl/N-ethyl adjacent to an activating group) is 1. The van der Waals surface area contributed by atoms with Gasteiger partial charge in [0.05, 0.1) is 11.1 Å². The predicted octanol–water partition coefficient (Wildman–Crippen LogP) is 1.68. The second-order valence-electron chi connectivity index (χ2n) is 5.85. The number of carbonyl (C=O) groups excluding carboxylic acids is 3. The van der Waals surface area contributed by atoms with Gasteiger partial charge >= 0.3 is 0 Å². The van der Waals surface area contributed by atoms with Gasteiger partial charge in [0.25, 0.3) is 11.8 Å². The first-order chi connectivity index (χ1) is 11.0. The number of carbonyl (C=O) groups is 3. The Morgan fingerprint density at radius 1 is 1.29 bits per heavy atom. The summed E-state index contributed by atoms with van der Waals surface area (Å²) >= 11 is 3.30. The summed E-state index contributed by atoms with van der Waals surface area (Å²) in [7, 11) is 1.88. The molecule has 2 aliphatic heterocycles. The van der Waals surface area contributed by atoms with Gasteiger partial charge in [0.1, 0.15) is 6.54 Å². The van der Waals surface area contributed by atoms with Crippen molar-refractivity contribution in [3.05, 3.63) is 33.8 Å². The lowest BCUT2D eigenvalue weighted by atomic mass is 10.1. The van der Waals surface area contributed by atoms with E-state index in [2.05, 4.69) is 21.2 Å². The van der Waals surface area contributed by atoms with Gasteiger partial charge in [-0.25, -0.2) is 0 Å². The first-order valence-electron chi connectivity index (χ1n) is 7.62. The number of halogens is 2. The van der Waals surface area contributed by atoms with Gasteiger partial charge in [-0.2, -0.15) is 0 Å². The molecule has 8 heteroatoms. The number of benzene rings is 1. The Hall–Kier alpha value is -1.44. The monoisotopic (exact) mass is 415 g/mol. The number of piperidine rings is 1. The Kier molecular flexibility index (Phi) is 6.01. The molecule has 6 nitrogen and oxygen atoms in total. The van der Waals surface area contributed by atoms with E-state index in [-0.39, 0.29) is 30.9 Å². The summed E-state index contributed by atoms with van der Waals surface area (Å²) < 4.78 is 0.735. The van der Waals surface area contributed by atoms with E-state index < -0.39 is 11.8 Å². The summed E-state index contributed by atoms with van der Waals surface area (Å²) in [5.74, 6) is -0.978. The van der Waals surface area contributed by atoms with Gasteiger partial charge in [-0.05, 0) is 38.1 Å². The Labute approximate surface area is 155 Å². The lowest BCUT2D eigenvalue weighted by molar-refractivity contribution is -0.132. The van der Waals surface area contributed by atoms with Gasteiger partial charge in [-0.15, -0.1) is 12.4 Å². The molecule has 3 amide bonds. The number of hydrogen-bond acceptors (Lipinski definition) is 4. The molecule has 24 heavy (non-hydrogen) atoms. The van der Waals surface area contributed by atoms with Crippen LogP contribution in [0.3, 0.4) is 0 Å². The van der Waals surface area contributed by atoms with Crippen LogP contribution < -0.4 is 5.32 Å². The van der Waals surface area contributed by atoms with Crippen LogP contribution in [0.4, 0.5) is 0 Å². The molecular weight excluding hydrogens is 398 g/mol. The summed E-state index contributed by atoms with van der Waals surface area (Å²) in [6, 6.07) is 5.23. The molecule has 0 aliphatic carbocycles. The molecule has 0 radical (unpaired) electrons. The summed E-state index contributed by atoms with van der Waals surface area (Å²) in [6.07, 6.45) is 1.95. The Morgan fingerprint density at radius 2 is 2.00 bits per heavy atom. The van der Waals surface area contributed by atoms with E-state index in [1.54, 1.807) is 23.1 Å². The van der Waals surface area contributed by atoms with Crippen molar-refractivity contribution >= 4 is 46.1 Å². The number of hydrogen-bond donors (Lipinski definition) is 1. The molecule has 1 aromatic carbocycles. The number of likely N-dealkylation sites (tertiary alicyclic amines) is 1. The zero-order chi connectivity index (χ0) is 16.6. The molecule has 0 spiro atoms. The number of nitrogens with zero attached hydrogens (tertiary/aromatic N) is 2. The second kappa shape index (κ2) is 7.63. The molecule has 1 N–H and O–H groups in total. The van der Waals surface area contributed by atoms with Crippen molar-refractivity contribution in [2.75, 3.05) is 26.7 Å². The second-order valence-corrected chi connectivity index (χ2v) is 6.77. The third-order valence-electron chi connectivity index (χ3n) is 4.41. The van der Waals surface area contributed by atoms with Crippen LogP contribution in [0.15, 0.2) is 22.7 Å². The van der Waals surface area contributed by atoms with Crippen molar-refractivity contribution < 1.29 is 14.4 Å². The number of fused-ring (bicyclic) bond motifs is 1.